The van der Waals surface area contributed by atoms with E-state index in [4.69, 9.17) is 5.02 Å². The van der Waals surface area contributed by atoms with E-state index in [9.17, 15) is 0 Å². The van der Waals surface area contributed by atoms with Crippen molar-refractivity contribution in [1.29, 1.82) is 0 Å². The number of hydrogen-bond acceptors (Lipinski definition) is 1. The molecule has 0 aliphatic heterocycles. The Morgan fingerprint density at radius 3 is 1.25 bits per heavy atom. The Labute approximate surface area is 70.0 Å². The van der Waals surface area contributed by atoms with E-state index in [2.05, 4.69) is 8.05 Å². The zero-order valence-corrected chi connectivity index (χ0v) is 6.19. The minimum absolute atomic E-state index is 0. The second kappa shape index (κ2) is 20.7. The van der Waals surface area contributed by atoms with Crippen LogP contribution in [0.3, 0.4) is 0 Å². The van der Waals surface area contributed by atoms with Crippen LogP contribution >= 0.6 is 0 Å². The summed E-state index contributed by atoms with van der Waals surface area (Å²) in [4.78, 5) is 0. The smallest absolute Gasteiger partial charge is 0.277 e. The zero-order valence-electron chi connectivity index (χ0n) is 1.88. The van der Waals surface area contributed by atoms with Crippen molar-refractivity contribution in [3.63, 3.8) is 0 Å². The molecule has 1 N–H and O–H groups in total. The molecule has 0 aliphatic carbocycles. The van der Waals surface area contributed by atoms with E-state index in [1.807, 2.05) is 0 Å². The van der Waals surface area contributed by atoms with E-state index in [0.29, 0.717) is 0 Å². The molecule has 4 heavy (non-hydrogen) atoms. The molecule has 0 saturated heterocycles. The fourth-order valence-corrected chi connectivity index (χ4v) is 0. The first kappa shape index (κ1) is 16.9. The molecule has 4 heteroatoms. The van der Waals surface area contributed by atoms with Crippen LogP contribution in [0.1, 0.15) is 0 Å². The molecule has 0 heterocycles. The summed E-state index contributed by atoms with van der Waals surface area (Å²) in [6, 6.07) is 0. The molecule has 0 aromatic heterocycles. The largest absolute Gasteiger partial charge is 0.461 e. The van der Waals surface area contributed by atoms with Crippen molar-refractivity contribution in [2.45, 2.75) is 0 Å². The normalized spacial score (nSPS) is 1.25. The van der Waals surface area contributed by atoms with Crippen LogP contribution in [0, 0.1) is 40.8 Å². The Balaban J connectivity index is -0.00000000500. The van der Waals surface area contributed by atoms with E-state index >= 15 is 0 Å². The predicted octanol–water partition coefficient (Wildman–Crippen LogP) is -0.940. The Morgan fingerprint density at radius 1 is 1.25 bits per heavy atom. The summed E-state index contributed by atoms with van der Waals surface area (Å²) in [7, 11) is 3.50. The summed E-state index contributed by atoms with van der Waals surface area (Å²) < 4.78 is 0. The van der Waals surface area contributed by atoms with E-state index < -0.39 is 0 Å². The van der Waals surface area contributed by atoms with Gasteiger partial charge in [-0.05, 0) is 0 Å². The van der Waals surface area contributed by atoms with Gasteiger partial charge in [0.05, 0.1) is 0 Å². The maximum atomic E-state index is 6.50. The zero-order chi connectivity index (χ0) is 2.00. The van der Waals surface area contributed by atoms with Crippen LogP contribution in [-0.4, -0.2) is 13.1 Å². The molecule has 1 nitrogen and oxygen atoms in total. The molecule has 0 atom stereocenters. The number of hydrogen-bond donors (Lipinski definition) is 1. The van der Waals surface area contributed by atoms with E-state index in [1.54, 1.807) is 0 Å². The summed E-state index contributed by atoms with van der Waals surface area (Å²) in [5.74, 6) is 0. The van der Waals surface area contributed by atoms with Gasteiger partial charge < -0.3 is 5.02 Å². The van der Waals surface area contributed by atoms with Crippen LogP contribution in [0.4, 0.5) is 0 Å². The first-order valence-electron chi connectivity index (χ1n) is 0.258. The van der Waals surface area contributed by atoms with E-state index in [0.717, 1.165) is 0 Å². The van der Waals surface area contributed by atoms with Crippen LogP contribution in [0.5, 0.6) is 0 Å². The third-order valence-electron chi connectivity index (χ3n) is 0. The molecule has 0 unspecified atom stereocenters. The van der Waals surface area contributed by atoms with Gasteiger partial charge in [-0.2, -0.15) is 0 Å². The molecular formula is HBFeNdO. The van der Waals surface area contributed by atoms with Gasteiger partial charge in [-0.25, -0.2) is 0 Å². The third-order valence-corrected chi connectivity index (χ3v) is 0. The Kier molecular flexibility index (Phi) is 87.1. The van der Waals surface area contributed by atoms with Crippen LogP contribution in [-0.2, 0) is 17.1 Å². The van der Waals surface area contributed by atoms with Gasteiger partial charge in [-0.1, -0.05) is 0 Å². The maximum Gasteiger partial charge on any atom is 0.277 e. The van der Waals surface area contributed by atoms with Crippen molar-refractivity contribution in [2.24, 2.45) is 0 Å². The van der Waals surface area contributed by atoms with Crippen molar-refractivity contribution in [3.05, 3.63) is 0 Å². The van der Waals surface area contributed by atoms with Crippen LogP contribution in [0.15, 0.2) is 0 Å². The molecular weight excluding hydrogens is 227 g/mol. The summed E-state index contributed by atoms with van der Waals surface area (Å²) in [5.41, 5.74) is 0. The Bertz CT molecular complexity index is 8.00. The minimum Gasteiger partial charge on any atom is -0.461 e. The third kappa shape index (κ3) is 9.09. The van der Waals surface area contributed by atoms with Crippen molar-refractivity contribution >= 4 is 8.05 Å². The summed E-state index contributed by atoms with van der Waals surface area (Å²) in [6.45, 7) is 0. The maximum absolute atomic E-state index is 6.50. The van der Waals surface area contributed by atoms with Crippen molar-refractivity contribution in [2.75, 3.05) is 0 Å². The van der Waals surface area contributed by atoms with Crippen molar-refractivity contribution in [3.8, 4) is 0 Å². The molecule has 0 rings (SSSR count). The molecule has 0 amide bonds. The Hall–Kier alpha value is 1.90. The van der Waals surface area contributed by atoms with Crippen LogP contribution in [0.25, 0.3) is 0 Å². The van der Waals surface area contributed by atoms with Crippen LogP contribution in [0.2, 0.25) is 0 Å². The SMILES string of the molecule is [B]O.[Fe].[Nd]. The fourth-order valence-electron chi connectivity index (χ4n) is 0. The van der Waals surface area contributed by atoms with Gasteiger partial charge in [0.25, 0.3) is 8.05 Å². The molecule has 2 radical (unpaired) electrons. The van der Waals surface area contributed by atoms with Gasteiger partial charge in [0.1, 0.15) is 0 Å². The molecule has 0 aromatic rings. The minimum atomic E-state index is 0. The van der Waals surface area contributed by atoms with E-state index in [1.165, 1.54) is 0 Å². The van der Waals surface area contributed by atoms with Gasteiger partial charge >= 0.3 is 0 Å². The second-order valence-electron chi connectivity index (χ2n) is 0. The van der Waals surface area contributed by atoms with Gasteiger partial charge in [-0.15, -0.1) is 0 Å². The molecule has 0 fully saturated rings. The topological polar surface area (TPSA) is 20.2 Å². The summed E-state index contributed by atoms with van der Waals surface area (Å²) in [5, 5.41) is 6.50. The number of rotatable bonds is 0. The predicted molar refractivity (Wildman–Crippen MR) is 7.97 cm³/mol. The fraction of sp³-hybridized carbons (Fsp3) is 0. The van der Waals surface area contributed by atoms with Gasteiger partial charge in [0.2, 0.25) is 0 Å². The summed E-state index contributed by atoms with van der Waals surface area (Å²) in [6.07, 6.45) is 0. The molecule has 0 aromatic carbocycles. The average Bonchev–Trinajstić information content (AvgIpc) is 1.00. The van der Waals surface area contributed by atoms with Gasteiger partial charge in [0.15, 0.2) is 0 Å². The molecule has 0 saturated carbocycles. The molecule has 0 bridgehead atoms. The van der Waals surface area contributed by atoms with Gasteiger partial charge in [0, 0.05) is 57.9 Å². The van der Waals surface area contributed by atoms with Crippen molar-refractivity contribution in [1.82, 2.24) is 0 Å². The first-order valence-corrected chi connectivity index (χ1v) is 0.258. The standard InChI is InChI=1S/BHO.Fe.Nd/c1-2;;/h2H;;. The first-order chi connectivity index (χ1) is 1.00. The second-order valence-corrected chi connectivity index (χ2v) is 0. The van der Waals surface area contributed by atoms with Gasteiger partial charge in [-0.3, -0.25) is 0 Å². The molecule has 22 valence electrons. The van der Waals surface area contributed by atoms with Crippen LogP contribution < -0.4 is 0 Å². The Morgan fingerprint density at radius 2 is 1.25 bits per heavy atom. The quantitative estimate of drug-likeness (QED) is 0.530. The monoisotopic (exact) mass is 226 g/mol. The van der Waals surface area contributed by atoms with E-state index in [-0.39, 0.29) is 57.9 Å². The summed E-state index contributed by atoms with van der Waals surface area (Å²) >= 11 is 0. The molecule has 0 aliphatic rings. The average molecular weight is 228 g/mol. The molecule has 0 spiro atoms. The van der Waals surface area contributed by atoms with Crippen molar-refractivity contribution < 1.29 is 62.9 Å².